The fourth-order valence-corrected chi connectivity index (χ4v) is 3.22. The van der Waals surface area contributed by atoms with Gasteiger partial charge < -0.3 is 9.84 Å². The molecule has 2 heterocycles. The van der Waals surface area contributed by atoms with Gasteiger partial charge in [0.25, 0.3) is 0 Å². The van der Waals surface area contributed by atoms with E-state index in [1.165, 1.54) is 19.2 Å². The smallest absolute Gasteiger partial charge is 0.228 e. The first kappa shape index (κ1) is 13.4. The number of thioether (sulfide) groups is 1. The van der Waals surface area contributed by atoms with Crippen LogP contribution in [0.15, 0.2) is 15.8 Å². The Morgan fingerprint density at radius 1 is 1.44 bits per heavy atom. The van der Waals surface area contributed by atoms with Crippen LogP contribution < -0.4 is 5.32 Å². The van der Waals surface area contributed by atoms with Gasteiger partial charge in [-0.25, -0.2) is 0 Å². The fourth-order valence-electron chi connectivity index (χ4n) is 1.92. The molecule has 0 spiro atoms. The molecule has 1 N–H and O–H groups in total. The molecule has 5 nitrogen and oxygen atoms in total. The van der Waals surface area contributed by atoms with Gasteiger partial charge in [-0.3, -0.25) is 4.99 Å². The van der Waals surface area contributed by atoms with Crippen LogP contribution in [0.25, 0.3) is 0 Å². The van der Waals surface area contributed by atoms with Gasteiger partial charge in [0.1, 0.15) is 0 Å². The van der Waals surface area contributed by atoms with E-state index in [0.717, 1.165) is 30.4 Å². The average Bonchev–Trinajstić information content (AvgIpc) is 2.93. The van der Waals surface area contributed by atoms with E-state index in [2.05, 4.69) is 34.3 Å². The summed E-state index contributed by atoms with van der Waals surface area (Å²) in [5.41, 5.74) is 0.405. The highest BCUT2D eigenvalue weighted by Crippen LogP contribution is 2.34. The van der Waals surface area contributed by atoms with Gasteiger partial charge in [0.2, 0.25) is 5.89 Å². The third-order valence-electron chi connectivity index (χ3n) is 3.60. The van der Waals surface area contributed by atoms with Crippen molar-refractivity contribution in [3.05, 3.63) is 12.2 Å². The molecule has 1 aromatic heterocycles. The number of hydrogen-bond acceptors (Lipinski definition) is 6. The summed E-state index contributed by atoms with van der Waals surface area (Å²) >= 11 is 1.83. The van der Waals surface area contributed by atoms with Crippen molar-refractivity contribution in [2.75, 3.05) is 18.8 Å². The molecule has 6 heteroatoms. The maximum absolute atomic E-state index is 4.94. The van der Waals surface area contributed by atoms with Crippen LogP contribution in [0.5, 0.6) is 0 Å². The van der Waals surface area contributed by atoms with E-state index in [9.17, 15) is 0 Å². The van der Waals surface area contributed by atoms with E-state index >= 15 is 0 Å². The molecule has 0 saturated carbocycles. The Labute approximate surface area is 112 Å². The van der Waals surface area contributed by atoms with Crippen LogP contribution in [-0.4, -0.2) is 34.2 Å². The first-order chi connectivity index (χ1) is 8.78. The van der Waals surface area contributed by atoms with Crippen molar-refractivity contribution >= 4 is 16.9 Å². The van der Waals surface area contributed by atoms with E-state index in [4.69, 9.17) is 4.52 Å². The summed E-state index contributed by atoms with van der Waals surface area (Å²) in [6.07, 6.45) is 4.58. The Morgan fingerprint density at radius 3 is 2.83 bits per heavy atom. The van der Waals surface area contributed by atoms with Gasteiger partial charge in [0, 0.05) is 25.3 Å². The van der Waals surface area contributed by atoms with Crippen LogP contribution in [-0.2, 0) is 6.42 Å². The first-order valence-corrected chi connectivity index (χ1v) is 7.43. The Kier molecular flexibility index (Phi) is 4.63. The largest absolute Gasteiger partial charge is 0.364 e. The van der Waals surface area contributed by atoms with Crippen molar-refractivity contribution in [3.63, 3.8) is 0 Å². The second-order valence-electron chi connectivity index (χ2n) is 4.63. The summed E-state index contributed by atoms with van der Waals surface area (Å²) in [7, 11) is 0. The minimum Gasteiger partial charge on any atom is -0.364 e. The zero-order valence-electron chi connectivity index (χ0n) is 11.0. The first-order valence-electron chi connectivity index (χ1n) is 6.44. The molecular weight excluding hydrogens is 248 g/mol. The van der Waals surface area contributed by atoms with E-state index in [1.54, 1.807) is 0 Å². The molecule has 0 aromatic carbocycles. The lowest BCUT2D eigenvalue weighted by Crippen LogP contribution is -2.35. The minimum absolute atomic E-state index is 0.405. The summed E-state index contributed by atoms with van der Waals surface area (Å²) in [6, 6.07) is 0. The van der Waals surface area contributed by atoms with Crippen molar-refractivity contribution in [1.82, 2.24) is 15.5 Å². The monoisotopic (exact) mass is 268 g/mol. The quantitative estimate of drug-likeness (QED) is 0.886. The highest BCUT2D eigenvalue weighted by atomic mass is 32.2. The normalized spacial score (nSPS) is 18.4. The van der Waals surface area contributed by atoms with Crippen LogP contribution >= 0.6 is 11.8 Å². The van der Waals surface area contributed by atoms with E-state index in [1.807, 2.05) is 11.8 Å². The van der Waals surface area contributed by atoms with Gasteiger partial charge in [-0.05, 0) is 18.3 Å². The lowest BCUT2D eigenvalue weighted by molar-refractivity contribution is 0.318. The molecule has 100 valence electrons. The van der Waals surface area contributed by atoms with Crippen molar-refractivity contribution in [2.45, 2.75) is 33.1 Å². The molecule has 0 radical (unpaired) electrons. The third-order valence-corrected chi connectivity index (χ3v) is 4.90. The summed E-state index contributed by atoms with van der Waals surface area (Å²) < 4.78 is 4.94. The Bertz CT molecular complexity index is 387. The predicted molar refractivity (Wildman–Crippen MR) is 73.8 cm³/mol. The molecule has 2 rings (SSSR count). The average molecular weight is 268 g/mol. The third kappa shape index (κ3) is 3.25. The van der Waals surface area contributed by atoms with E-state index in [-0.39, 0.29) is 0 Å². The molecule has 1 aliphatic heterocycles. The number of nitrogens with one attached hydrogen (secondary N) is 1. The standard InChI is InChI=1S/C12H20N4OS/c1-3-12(4-2)7-14-11(18-8-12)13-6-5-10-15-9-16-17-10/h9H,3-8H2,1-2H3,(H,13,14). The van der Waals surface area contributed by atoms with Crippen molar-refractivity contribution in [1.29, 1.82) is 0 Å². The Hall–Kier alpha value is -1.04. The molecule has 0 aliphatic carbocycles. The van der Waals surface area contributed by atoms with Crippen LogP contribution in [0, 0.1) is 5.41 Å². The molecule has 0 atom stereocenters. The van der Waals surface area contributed by atoms with Crippen LogP contribution in [0.3, 0.4) is 0 Å². The second kappa shape index (κ2) is 6.22. The van der Waals surface area contributed by atoms with Crippen molar-refractivity contribution in [2.24, 2.45) is 10.4 Å². The molecule has 0 bridgehead atoms. The summed E-state index contributed by atoms with van der Waals surface area (Å²) in [5, 5.41) is 7.96. The topological polar surface area (TPSA) is 63.3 Å². The number of amidine groups is 1. The van der Waals surface area contributed by atoms with Crippen molar-refractivity contribution < 1.29 is 4.52 Å². The van der Waals surface area contributed by atoms with E-state index < -0.39 is 0 Å². The van der Waals surface area contributed by atoms with Crippen molar-refractivity contribution in [3.8, 4) is 0 Å². The fraction of sp³-hybridized carbons (Fsp3) is 0.750. The summed E-state index contributed by atoms with van der Waals surface area (Å²) in [5.74, 6) is 1.83. The van der Waals surface area contributed by atoms with Gasteiger partial charge >= 0.3 is 0 Å². The SMILES string of the molecule is CCC1(CC)CN=C(NCCc2ncno2)SC1. The Balaban J connectivity index is 1.76. The molecule has 1 aromatic rings. The lowest BCUT2D eigenvalue weighted by Gasteiger charge is -2.33. The van der Waals surface area contributed by atoms with Gasteiger partial charge in [-0.1, -0.05) is 30.8 Å². The molecule has 1 aliphatic rings. The van der Waals surface area contributed by atoms with Gasteiger partial charge in [0.05, 0.1) is 0 Å². The Morgan fingerprint density at radius 2 is 2.28 bits per heavy atom. The molecule has 18 heavy (non-hydrogen) atoms. The predicted octanol–water partition coefficient (Wildman–Crippen LogP) is 2.11. The van der Waals surface area contributed by atoms with Crippen LogP contribution in [0.4, 0.5) is 0 Å². The molecular formula is C12H20N4OS. The molecule has 0 saturated heterocycles. The maximum Gasteiger partial charge on any atom is 0.228 e. The lowest BCUT2D eigenvalue weighted by atomic mass is 9.84. The zero-order valence-corrected chi connectivity index (χ0v) is 11.8. The molecule has 0 fully saturated rings. The highest BCUT2D eigenvalue weighted by Gasteiger charge is 2.29. The minimum atomic E-state index is 0.405. The number of rotatable bonds is 5. The van der Waals surface area contributed by atoms with Gasteiger partial charge in [-0.15, -0.1) is 0 Å². The highest BCUT2D eigenvalue weighted by molar-refractivity contribution is 8.13. The maximum atomic E-state index is 4.94. The van der Waals surface area contributed by atoms with Gasteiger partial charge in [-0.2, -0.15) is 4.98 Å². The van der Waals surface area contributed by atoms with Crippen LogP contribution in [0.1, 0.15) is 32.6 Å². The number of aliphatic imine (C=N–C) groups is 1. The molecule has 0 amide bonds. The molecule has 0 unspecified atom stereocenters. The summed E-state index contributed by atoms with van der Waals surface area (Å²) in [4.78, 5) is 8.63. The zero-order chi connectivity index (χ0) is 12.8. The second-order valence-corrected chi connectivity index (χ2v) is 5.59. The number of aromatic nitrogens is 2. The van der Waals surface area contributed by atoms with Gasteiger partial charge in [0.15, 0.2) is 11.5 Å². The van der Waals surface area contributed by atoms with E-state index in [0.29, 0.717) is 11.3 Å². The number of nitrogens with zero attached hydrogens (tertiary/aromatic N) is 3. The summed E-state index contributed by atoms with van der Waals surface area (Å²) in [6.45, 7) is 6.25. The van der Waals surface area contributed by atoms with Crippen LogP contribution in [0.2, 0.25) is 0 Å². The number of hydrogen-bond donors (Lipinski definition) is 1.